The molecule has 0 amide bonds. The van der Waals surface area contributed by atoms with Crippen molar-refractivity contribution >= 4 is 0 Å². The van der Waals surface area contributed by atoms with Crippen molar-refractivity contribution in [1.29, 1.82) is 0 Å². The van der Waals surface area contributed by atoms with Crippen molar-refractivity contribution in [1.82, 2.24) is 9.97 Å². The van der Waals surface area contributed by atoms with Crippen LogP contribution in [0.3, 0.4) is 0 Å². The summed E-state index contributed by atoms with van der Waals surface area (Å²) >= 11 is 0. The summed E-state index contributed by atoms with van der Waals surface area (Å²) in [4.78, 5) is 8.07. The quantitative estimate of drug-likeness (QED) is 0.521. The third kappa shape index (κ3) is 1.49. The van der Waals surface area contributed by atoms with Crippen molar-refractivity contribution in [3.8, 4) is 0 Å². The Balaban J connectivity index is 3.31. The number of hydrogen-bond acceptors (Lipinski definition) is 2. The van der Waals surface area contributed by atoms with Gasteiger partial charge in [-0.1, -0.05) is 0 Å². The molecule has 0 unspecified atom stereocenters. The molecule has 1 heterocycles. The van der Waals surface area contributed by atoms with Crippen molar-refractivity contribution in [2.75, 3.05) is 0 Å². The lowest BCUT2D eigenvalue weighted by Crippen LogP contribution is -1.91. The van der Waals surface area contributed by atoms with Crippen molar-refractivity contribution in [3.63, 3.8) is 0 Å². The topological polar surface area (TPSA) is 25.8 Å². The van der Waals surface area contributed by atoms with E-state index in [1.54, 1.807) is 0 Å². The van der Waals surface area contributed by atoms with E-state index in [0.717, 1.165) is 17.2 Å². The molecule has 0 N–H and O–H groups in total. The minimum absolute atomic E-state index is 0.450. The minimum Gasteiger partial charge on any atom is -0.239 e. The lowest BCUT2D eigenvalue weighted by atomic mass is 10.3. The summed E-state index contributed by atoms with van der Waals surface area (Å²) in [5.41, 5.74) is 1.51. The third-order valence-electron chi connectivity index (χ3n) is 1.02. The number of rotatable bonds is 0. The Morgan fingerprint density at radius 1 is 1.22 bits per heavy atom. The van der Waals surface area contributed by atoms with Gasteiger partial charge in [0.05, 0.1) is 1.37 Å². The Labute approximate surface area is 56.4 Å². The molecular weight excluding hydrogens is 112 g/mol. The van der Waals surface area contributed by atoms with E-state index in [1.807, 2.05) is 20.8 Å². The molecule has 0 aromatic carbocycles. The van der Waals surface area contributed by atoms with Crippen LogP contribution in [0.15, 0.2) is 6.04 Å². The molecule has 0 radical (unpaired) electrons. The molecule has 9 heavy (non-hydrogen) atoms. The average molecular weight is 123 g/mol. The number of aromatic nitrogens is 2. The van der Waals surface area contributed by atoms with Gasteiger partial charge in [0.2, 0.25) is 0 Å². The monoisotopic (exact) mass is 123 g/mol. The first-order chi connectivity index (χ1) is 4.61. The van der Waals surface area contributed by atoms with Gasteiger partial charge in [0.15, 0.2) is 0 Å². The standard InChI is InChI=1S/C7H10N2/c1-5-4-6(2)9-7(3)8-5/h4H,1-3H3/i4D. The van der Waals surface area contributed by atoms with Crippen molar-refractivity contribution in [3.05, 3.63) is 23.3 Å². The predicted octanol–water partition coefficient (Wildman–Crippen LogP) is 1.40. The second-order valence-electron chi connectivity index (χ2n) is 2.07. The van der Waals surface area contributed by atoms with Crippen LogP contribution in [-0.2, 0) is 0 Å². The molecule has 0 bridgehead atoms. The molecule has 1 rings (SSSR count). The molecule has 48 valence electrons. The lowest BCUT2D eigenvalue weighted by Gasteiger charge is -1.95. The molecule has 1 aromatic heterocycles. The Morgan fingerprint density at radius 3 is 2.11 bits per heavy atom. The molecule has 0 saturated heterocycles. The van der Waals surface area contributed by atoms with Gasteiger partial charge in [-0.25, -0.2) is 9.97 Å². The molecule has 2 nitrogen and oxygen atoms in total. The van der Waals surface area contributed by atoms with Crippen LogP contribution in [0.2, 0.25) is 0 Å². The van der Waals surface area contributed by atoms with Crippen LogP contribution in [0.4, 0.5) is 0 Å². The van der Waals surface area contributed by atoms with Crippen molar-refractivity contribution < 1.29 is 1.37 Å². The van der Waals surface area contributed by atoms with Crippen LogP contribution in [0.25, 0.3) is 0 Å². The van der Waals surface area contributed by atoms with E-state index in [0.29, 0.717) is 6.04 Å². The highest BCUT2D eigenvalue weighted by atomic mass is 14.9. The minimum atomic E-state index is 0.450. The largest absolute Gasteiger partial charge is 0.239 e. The number of aryl methyl sites for hydroxylation is 3. The molecule has 0 aliphatic heterocycles. The Hall–Kier alpha value is -0.920. The fraction of sp³-hybridized carbons (Fsp3) is 0.429. The zero-order valence-electron chi connectivity index (χ0n) is 6.89. The molecule has 0 atom stereocenters. The van der Waals surface area contributed by atoms with E-state index in [-0.39, 0.29) is 0 Å². The first-order valence-corrected chi connectivity index (χ1v) is 2.89. The maximum absolute atomic E-state index is 7.42. The molecule has 0 aliphatic rings. The van der Waals surface area contributed by atoms with Gasteiger partial charge < -0.3 is 0 Å². The van der Waals surface area contributed by atoms with Gasteiger partial charge in [-0.05, 0) is 26.8 Å². The molecule has 0 fully saturated rings. The second kappa shape index (κ2) is 2.13. The van der Waals surface area contributed by atoms with Crippen LogP contribution in [-0.4, -0.2) is 9.97 Å². The predicted molar refractivity (Wildman–Crippen MR) is 36.2 cm³/mol. The average Bonchev–Trinajstić information content (AvgIpc) is 1.82. The van der Waals surface area contributed by atoms with E-state index in [9.17, 15) is 0 Å². The molecule has 0 aliphatic carbocycles. The maximum atomic E-state index is 7.42. The first kappa shape index (κ1) is 4.91. The summed E-state index contributed by atoms with van der Waals surface area (Å²) in [5.74, 6) is 0.742. The summed E-state index contributed by atoms with van der Waals surface area (Å²) in [7, 11) is 0. The second-order valence-corrected chi connectivity index (χ2v) is 2.07. The molecule has 1 aromatic rings. The van der Waals surface area contributed by atoms with Gasteiger partial charge in [-0.15, -0.1) is 0 Å². The molecule has 2 heteroatoms. The fourth-order valence-electron chi connectivity index (χ4n) is 0.828. The SMILES string of the molecule is [2H]c1c(C)nc(C)nc1C. The summed E-state index contributed by atoms with van der Waals surface area (Å²) in [6, 6.07) is 0.450. The highest BCUT2D eigenvalue weighted by Crippen LogP contribution is 1.96. The summed E-state index contributed by atoms with van der Waals surface area (Å²) < 4.78 is 7.42. The number of nitrogens with zero attached hydrogens (tertiary/aromatic N) is 2. The smallest absolute Gasteiger partial charge is 0.125 e. The van der Waals surface area contributed by atoms with E-state index in [1.165, 1.54) is 0 Å². The van der Waals surface area contributed by atoms with Gasteiger partial charge in [0, 0.05) is 11.4 Å². The Kier molecular flexibility index (Phi) is 1.16. The summed E-state index contributed by atoms with van der Waals surface area (Å²) in [6.45, 7) is 5.48. The summed E-state index contributed by atoms with van der Waals surface area (Å²) in [5, 5.41) is 0. The summed E-state index contributed by atoms with van der Waals surface area (Å²) in [6.07, 6.45) is 0. The first-order valence-electron chi connectivity index (χ1n) is 3.39. The van der Waals surface area contributed by atoms with E-state index >= 15 is 0 Å². The third-order valence-corrected chi connectivity index (χ3v) is 1.02. The lowest BCUT2D eigenvalue weighted by molar-refractivity contribution is 0.976. The molecular formula is C7H10N2. The van der Waals surface area contributed by atoms with Gasteiger partial charge >= 0.3 is 0 Å². The van der Waals surface area contributed by atoms with Crippen molar-refractivity contribution in [2.24, 2.45) is 0 Å². The number of hydrogen-bond donors (Lipinski definition) is 0. The highest BCUT2D eigenvalue weighted by Gasteiger charge is 1.90. The van der Waals surface area contributed by atoms with E-state index in [2.05, 4.69) is 9.97 Å². The van der Waals surface area contributed by atoms with Gasteiger partial charge in [0.25, 0.3) is 0 Å². The molecule has 0 saturated carbocycles. The zero-order valence-corrected chi connectivity index (χ0v) is 5.89. The zero-order chi connectivity index (χ0) is 7.72. The Morgan fingerprint density at radius 2 is 1.67 bits per heavy atom. The van der Waals surface area contributed by atoms with Crippen LogP contribution < -0.4 is 0 Å². The Bertz CT molecular complexity index is 235. The molecule has 0 spiro atoms. The van der Waals surface area contributed by atoms with Crippen LogP contribution >= 0.6 is 0 Å². The van der Waals surface area contributed by atoms with E-state index < -0.39 is 0 Å². The normalized spacial score (nSPS) is 11.2. The van der Waals surface area contributed by atoms with Gasteiger partial charge in [-0.2, -0.15) is 0 Å². The van der Waals surface area contributed by atoms with Crippen LogP contribution in [0.1, 0.15) is 18.6 Å². The fourth-order valence-corrected chi connectivity index (χ4v) is 0.828. The van der Waals surface area contributed by atoms with E-state index in [4.69, 9.17) is 1.37 Å². The highest BCUT2D eigenvalue weighted by molar-refractivity contribution is 5.07. The van der Waals surface area contributed by atoms with Gasteiger partial charge in [0.1, 0.15) is 5.82 Å². The van der Waals surface area contributed by atoms with Gasteiger partial charge in [-0.3, -0.25) is 0 Å². The van der Waals surface area contributed by atoms with Crippen LogP contribution in [0, 0.1) is 20.8 Å². The van der Waals surface area contributed by atoms with Crippen molar-refractivity contribution in [2.45, 2.75) is 20.8 Å². The maximum Gasteiger partial charge on any atom is 0.125 e. The van der Waals surface area contributed by atoms with Crippen LogP contribution in [0.5, 0.6) is 0 Å².